The molecule has 1 heterocycles. The van der Waals surface area contributed by atoms with Gasteiger partial charge >= 0.3 is 5.97 Å². The Kier molecular flexibility index (Phi) is 4.58. The molecule has 0 radical (unpaired) electrons. The van der Waals surface area contributed by atoms with Gasteiger partial charge in [0.25, 0.3) is 0 Å². The molecule has 0 aliphatic heterocycles. The second-order valence-corrected chi connectivity index (χ2v) is 6.87. The summed E-state index contributed by atoms with van der Waals surface area (Å²) in [6.45, 7) is 4.18. The van der Waals surface area contributed by atoms with Crippen molar-refractivity contribution in [1.29, 1.82) is 0 Å². The number of hydrogen-bond donors (Lipinski definition) is 2. The Bertz CT molecular complexity index is 870. The van der Waals surface area contributed by atoms with E-state index in [9.17, 15) is 17.6 Å². The third-order valence-electron chi connectivity index (χ3n) is 3.47. The van der Waals surface area contributed by atoms with Gasteiger partial charge < -0.3 is 9.52 Å². The number of sulfonamides is 1. The number of aryl methyl sites for hydroxylation is 2. The second kappa shape index (κ2) is 6.13. The summed E-state index contributed by atoms with van der Waals surface area (Å²) in [5.74, 6) is -1.83. The number of hydrogen-bond acceptors (Lipinski definition) is 4. The summed E-state index contributed by atoms with van der Waals surface area (Å²) in [6, 6.07) is 2.68. The van der Waals surface area contributed by atoms with Crippen molar-refractivity contribution < 1.29 is 27.1 Å². The number of carboxylic acids is 1. The van der Waals surface area contributed by atoms with Gasteiger partial charge in [-0.25, -0.2) is 22.3 Å². The zero-order valence-corrected chi connectivity index (χ0v) is 13.6. The molecule has 0 unspecified atom stereocenters. The molecule has 8 heteroatoms. The fraction of sp³-hybridized carbons (Fsp3) is 0.267. The van der Waals surface area contributed by atoms with Gasteiger partial charge in [-0.15, -0.1) is 0 Å². The van der Waals surface area contributed by atoms with Crippen LogP contribution >= 0.6 is 0 Å². The van der Waals surface area contributed by atoms with Crippen LogP contribution in [0.1, 0.15) is 32.8 Å². The lowest BCUT2D eigenvalue weighted by Gasteiger charge is -2.14. The summed E-state index contributed by atoms with van der Waals surface area (Å²) in [5, 5.41) is 8.97. The summed E-state index contributed by atoms with van der Waals surface area (Å²) < 4.78 is 46.1. The van der Waals surface area contributed by atoms with Crippen molar-refractivity contribution in [3.8, 4) is 0 Å². The summed E-state index contributed by atoms with van der Waals surface area (Å²) in [4.78, 5) is 10.8. The molecular formula is C15H16FNO5S. The van der Waals surface area contributed by atoms with E-state index in [1.54, 1.807) is 13.8 Å². The average molecular weight is 341 g/mol. The number of nitrogens with one attached hydrogen (secondary N) is 1. The lowest BCUT2D eigenvalue weighted by Crippen LogP contribution is -2.26. The standard InChI is InChI=1S/C15H16FNO5S/c1-8-6-9(2)14(10(3)13(8)16)23(20,21)17-7-12-11(15(18)19)4-5-22-12/h4-6,17H,7H2,1-3H3,(H,18,19). The highest BCUT2D eigenvalue weighted by molar-refractivity contribution is 7.89. The molecule has 2 rings (SSSR count). The Balaban J connectivity index is 2.35. The summed E-state index contributed by atoms with van der Waals surface area (Å²) >= 11 is 0. The van der Waals surface area contributed by atoms with E-state index in [2.05, 4.69) is 4.72 Å². The van der Waals surface area contributed by atoms with E-state index < -0.39 is 21.8 Å². The van der Waals surface area contributed by atoms with Crippen LogP contribution in [-0.2, 0) is 16.6 Å². The van der Waals surface area contributed by atoms with Crippen molar-refractivity contribution in [2.45, 2.75) is 32.2 Å². The van der Waals surface area contributed by atoms with Gasteiger partial charge in [0.15, 0.2) is 0 Å². The minimum atomic E-state index is -4.02. The van der Waals surface area contributed by atoms with Crippen molar-refractivity contribution in [2.24, 2.45) is 0 Å². The first kappa shape index (κ1) is 17.2. The van der Waals surface area contributed by atoms with Crippen LogP contribution in [0.4, 0.5) is 4.39 Å². The molecule has 1 aromatic heterocycles. The first-order valence-corrected chi connectivity index (χ1v) is 8.19. The zero-order chi connectivity index (χ0) is 17.4. The molecule has 0 aliphatic carbocycles. The third-order valence-corrected chi connectivity index (χ3v) is 5.16. The first-order chi connectivity index (χ1) is 10.6. The first-order valence-electron chi connectivity index (χ1n) is 6.70. The predicted octanol–water partition coefficient (Wildman–Crippen LogP) is 2.52. The van der Waals surface area contributed by atoms with Crippen LogP contribution in [0.15, 0.2) is 27.7 Å². The molecule has 1 aromatic carbocycles. The monoisotopic (exact) mass is 341 g/mol. The Hall–Kier alpha value is -2.19. The summed E-state index contributed by atoms with van der Waals surface area (Å²) in [7, 11) is -4.02. The SMILES string of the molecule is Cc1cc(C)c(S(=O)(=O)NCc2occc2C(=O)O)c(C)c1F. The topological polar surface area (TPSA) is 96.6 Å². The van der Waals surface area contributed by atoms with Crippen molar-refractivity contribution in [1.82, 2.24) is 4.72 Å². The van der Waals surface area contributed by atoms with Gasteiger partial charge in [0.05, 0.1) is 17.7 Å². The molecule has 0 spiro atoms. The normalized spacial score (nSPS) is 11.7. The van der Waals surface area contributed by atoms with Gasteiger partial charge in [0.1, 0.15) is 17.1 Å². The minimum absolute atomic E-state index is 0.0212. The van der Waals surface area contributed by atoms with Crippen LogP contribution in [0, 0.1) is 26.6 Å². The molecule has 0 fully saturated rings. The van der Waals surface area contributed by atoms with Crippen molar-refractivity contribution >= 4 is 16.0 Å². The van der Waals surface area contributed by atoms with Crippen LogP contribution in [0.2, 0.25) is 0 Å². The summed E-state index contributed by atoms with van der Waals surface area (Å²) in [6.07, 6.45) is 1.16. The molecule has 2 N–H and O–H groups in total. The van der Waals surface area contributed by atoms with Crippen molar-refractivity contribution in [2.75, 3.05) is 0 Å². The second-order valence-electron chi connectivity index (χ2n) is 5.17. The van der Waals surface area contributed by atoms with Gasteiger partial charge in [-0.1, -0.05) is 6.07 Å². The number of carbonyl (C=O) groups is 1. The molecule has 0 atom stereocenters. The largest absolute Gasteiger partial charge is 0.478 e. The Labute approximate surface area is 133 Å². The maximum atomic E-state index is 14.0. The molecule has 0 amide bonds. The molecule has 0 bridgehead atoms. The van der Waals surface area contributed by atoms with E-state index in [1.165, 1.54) is 19.1 Å². The lowest BCUT2D eigenvalue weighted by molar-refractivity contribution is 0.0694. The van der Waals surface area contributed by atoms with Gasteiger partial charge in [-0.05, 0) is 38.0 Å². The minimum Gasteiger partial charge on any atom is -0.478 e. The fourth-order valence-corrected chi connectivity index (χ4v) is 3.90. The quantitative estimate of drug-likeness (QED) is 0.871. The molecule has 0 saturated heterocycles. The highest BCUT2D eigenvalue weighted by atomic mass is 32.2. The number of rotatable bonds is 5. The Morgan fingerprint density at radius 1 is 1.30 bits per heavy atom. The van der Waals surface area contributed by atoms with Crippen LogP contribution in [0.5, 0.6) is 0 Å². The van der Waals surface area contributed by atoms with Crippen LogP contribution in [-0.4, -0.2) is 19.5 Å². The third kappa shape index (κ3) is 3.27. The maximum Gasteiger partial charge on any atom is 0.339 e. The molecule has 23 heavy (non-hydrogen) atoms. The average Bonchev–Trinajstić information content (AvgIpc) is 2.91. The number of benzene rings is 1. The summed E-state index contributed by atoms with van der Waals surface area (Å²) in [5.41, 5.74) is 0.661. The fourth-order valence-electron chi connectivity index (χ4n) is 2.46. The molecule has 0 saturated carbocycles. The molecule has 124 valence electrons. The molecular weight excluding hydrogens is 325 g/mol. The Morgan fingerprint density at radius 3 is 2.57 bits per heavy atom. The number of furan rings is 1. The maximum absolute atomic E-state index is 14.0. The van der Waals surface area contributed by atoms with Crippen molar-refractivity contribution in [3.63, 3.8) is 0 Å². The number of halogens is 1. The highest BCUT2D eigenvalue weighted by Crippen LogP contribution is 2.25. The van der Waals surface area contributed by atoms with Gasteiger partial charge in [-0.3, -0.25) is 0 Å². The van der Waals surface area contributed by atoms with E-state index in [-0.39, 0.29) is 28.3 Å². The predicted molar refractivity (Wildman–Crippen MR) is 80.3 cm³/mol. The molecule has 0 aliphatic rings. The van der Waals surface area contributed by atoms with E-state index in [0.29, 0.717) is 11.1 Å². The highest BCUT2D eigenvalue weighted by Gasteiger charge is 2.24. The van der Waals surface area contributed by atoms with Crippen LogP contribution < -0.4 is 4.72 Å². The molecule has 2 aromatic rings. The van der Waals surface area contributed by atoms with E-state index in [0.717, 1.165) is 6.26 Å². The number of aromatic carboxylic acids is 1. The van der Waals surface area contributed by atoms with Gasteiger partial charge in [0.2, 0.25) is 10.0 Å². The van der Waals surface area contributed by atoms with Crippen LogP contribution in [0.25, 0.3) is 0 Å². The number of carboxylic acid groups (broad SMARTS) is 1. The van der Waals surface area contributed by atoms with Gasteiger partial charge in [0, 0.05) is 5.56 Å². The Morgan fingerprint density at radius 2 is 1.96 bits per heavy atom. The lowest BCUT2D eigenvalue weighted by atomic mass is 10.1. The molecule has 6 nitrogen and oxygen atoms in total. The van der Waals surface area contributed by atoms with Gasteiger partial charge in [-0.2, -0.15) is 0 Å². The van der Waals surface area contributed by atoms with E-state index >= 15 is 0 Å². The smallest absolute Gasteiger partial charge is 0.339 e. The van der Waals surface area contributed by atoms with Crippen molar-refractivity contribution in [3.05, 3.63) is 52.2 Å². The zero-order valence-electron chi connectivity index (χ0n) is 12.8. The van der Waals surface area contributed by atoms with E-state index in [4.69, 9.17) is 9.52 Å². The van der Waals surface area contributed by atoms with E-state index in [1.807, 2.05) is 0 Å². The van der Waals surface area contributed by atoms with Crippen LogP contribution in [0.3, 0.4) is 0 Å².